The summed E-state index contributed by atoms with van der Waals surface area (Å²) < 4.78 is 54.7. The van der Waals surface area contributed by atoms with Crippen molar-refractivity contribution < 1.29 is 26.8 Å². The summed E-state index contributed by atoms with van der Waals surface area (Å²) in [6.45, 7) is 0. The molecule has 0 spiro atoms. The number of hydrogen-bond acceptors (Lipinski definition) is 4. The molecule has 10 heteroatoms. The Hall–Kier alpha value is -3.79. The predicted molar refractivity (Wildman–Crippen MR) is 107 cm³/mol. The number of nitrogens with two attached hydrogens (primary N) is 1. The van der Waals surface area contributed by atoms with Gasteiger partial charge in [0.05, 0.1) is 16.1 Å². The van der Waals surface area contributed by atoms with E-state index in [-0.39, 0.29) is 16.1 Å². The van der Waals surface area contributed by atoms with Crippen molar-refractivity contribution in [3.63, 3.8) is 0 Å². The lowest BCUT2D eigenvalue weighted by molar-refractivity contribution is 0.0992. The highest BCUT2D eigenvalue weighted by Gasteiger charge is 2.18. The topological polar surface area (TPSA) is 118 Å². The van der Waals surface area contributed by atoms with Gasteiger partial charge in [-0.3, -0.25) is 14.3 Å². The van der Waals surface area contributed by atoms with E-state index >= 15 is 0 Å². The van der Waals surface area contributed by atoms with Crippen molar-refractivity contribution in [3.05, 3.63) is 89.5 Å². The second-order valence-corrected chi connectivity index (χ2v) is 7.81. The van der Waals surface area contributed by atoms with Crippen LogP contribution >= 0.6 is 0 Å². The first kappa shape index (κ1) is 20.9. The molecule has 0 saturated heterocycles. The van der Waals surface area contributed by atoms with Gasteiger partial charge in [0.25, 0.3) is 21.8 Å². The second-order valence-electron chi connectivity index (χ2n) is 6.13. The first-order chi connectivity index (χ1) is 14.2. The van der Waals surface area contributed by atoms with E-state index in [0.29, 0.717) is 6.07 Å². The van der Waals surface area contributed by atoms with Crippen LogP contribution < -0.4 is 15.8 Å². The maximum absolute atomic E-state index is 14.0. The van der Waals surface area contributed by atoms with E-state index in [1.165, 1.54) is 36.4 Å². The molecule has 3 rings (SSSR count). The van der Waals surface area contributed by atoms with Gasteiger partial charge in [-0.1, -0.05) is 24.3 Å². The Balaban J connectivity index is 1.84. The summed E-state index contributed by atoms with van der Waals surface area (Å²) in [5, 5.41) is 2.21. The highest BCUT2D eigenvalue weighted by atomic mass is 32.2. The smallest absolute Gasteiger partial charge is 0.261 e. The summed E-state index contributed by atoms with van der Waals surface area (Å²) in [4.78, 5) is 23.7. The molecule has 0 aliphatic carbocycles. The third kappa shape index (κ3) is 4.61. The lowest BCUT2D eigenvalue weighted by Crippen LogP contribution is -2.18. The first-order valence-corrected chi connectivity index (χ1v) is 9.94. The molecule has 0 atom stereocenters. The molecule has 0 unspecified atom stereocenters. The van der Waals surface area contributed by atoms with Crippen molar-refractivity contribution in [1.29, 1.82) is 0 Å². The van der Waals surface area contributed by atoms with Gasteiger partial charge in [0, 0.05) is 17.3 Å². The molecular weight excluding hydrogens is 416 g/mol. The highest BCUT2D eigenvalue weighted by Crippen LogP contribution is 2.22. The van der Waals surface area contributed by atoms with Gasteiger partial charge in [0.2, 0.25) is 0 Å². The number of hydrogen-bond donors (Lipinski definition) is 3. The zero-order chi connectivity index (χ0) is 21.9. The average molecular weight is 431 g/mol. The number of carbonyl (C=O) groups is 2. The van der Waals surface area contributed by atoms with E-state index in [4.69, 9.17) is 5.73 Å². The highest BCUT2D eigenvalue weighted by molar-refractivity contribution is 7.92. The van der Waals surface area contributed by atoms with Crippen LogP contribution in [0.2, 0.25) is 0 Å². The van der Waals surface area contributed by atoms with Gasteiger partial charge in [0.1, 0.15) is 11.6 Å². The van der Waals surface area contributed by atoms with Crippen LogP contribution in [0, 0.1) is 11.6 Å². The molecule has 0 fully saturated rings. The summed E-state index contributed by atoms with van der Waals surface area (Å²) in [5.74, 6) is -4.20. The molecule has 30 heavy (non-hydrogen) atoms. The molecule has 7 nitrogen and oxygen atoms in total. The van der Waals surface area contributed by atoms with Gasteiger partial charge >= 0.3 is 0 Å². The fourth-order valence-electron chi connectivity index (χ4n) is 2.57. The summed E-state index contributed by atoms with van der Waals surface area (Å²) in [7, 11) is -3.88. The second kappa shape index (κ2) is 8.29. The Morgan fingerprint density at radius 1 is 0.867 bits per heavy atom. The standard InChI is InChI=1S/C20H15F2N3O4S/c21-16-11-17(22)18(10-15(16)19(23)26)24-20(27)12-5-4-6-13(9-12)25-30(28,29)14-7-2-1-3-8-14/h1-11,25H,(H2,23,26)(H,24,27). The van der Waals surface area contributed by atoms with Crippen LogP contribution in [0.4, 0.5) is 20.2 Å². The number of halogens is 2. The fraction of sp³-hybridized carbons (Fsp3) is 0. The van der Waals surface area contributed by atoms with Crippen molar-refractivity contribution in [2.24, 2.45) is 5.73 Å². The Labute approximate surface area is 170 Å². The van der Waals surface area contributed by atoms with Crippen LogP contribution in [0.1, 0.15) is 20.7 Å². The van der Waals surface area contributed by atoms with Gasteiger partial charge in [-0.15, -0.1) is 0 Å². The van der Waals surface area contributed by atoms with E-state index in [0.717, 1.165) is 6.07 Å². The Morgan fingerprint density at radius 2 is 1.57 bits per heavy atom. The molecule has 154 valence electrons. The van der Waals surface area contributed by atoms with Gasteiger partial charge in [-0.25, -0.2) is 17.2 Å². The van der Waals surface area contributed by atoms with Crippen LogP contribution in [0.25, 0.3) is 0 Å². The maximum Gasteiger partial charge on any atom is 0.261 e. The number of sulfonamides is 1. The van der Waals surface area contributed by atoms with Crippen molar-refractivity contribution in [3.8, 4) is 0 Å². The molecule has 3 aromatic carbocycles. The van der Waals surface area contributed by atoms with Crippen LogP contribution in [0.3, 0.4) is 0 Å². The molecule has 0 aromatic heterocycles. The van der Waals surface area contributed by atoms with E-state index in [1.54, 1.807) is 18.2 Å². The normalized spacial score (nSPS) is 11.0. The van der Waals surface area contributed by atoms with E-state index in [9.17, 15) is 26.8 Å². The SMILES string of the molecule is NC(=O)c1cc(NC(=O)c2cccc(NS(=O)(=O)c3ccccc3)c2)c(F)cc1F. The first-order valence-electron chi connectivity index (χ1n) is 8.45. The summed E-state index contributed by atoms with van der Waals surface area (Å²) in [6, 6.07) is 14.3. The van der Waals surface area contributed by atoms with Gasteiger partial charge in [-0.05, 0) is 36.4 Å². The maximum atomic E-state index is 14.0. The van der Waals surface area contributed by atoms with Crippen molar-refractivity contribution >= 4 is 33.2 Å². The molecule has 0 saturated carbocycles. The zero-order valence-corrected chi connectivity index (χ0v) is 16.0. The van der Waals surface area contributed by atoms with E-state index < -0.39 is 44.7 Å². The summed E-state index contributed by atoms with van der Waals surface area (Å²) in [6.07, 6.45) is 0. The lowest BCUT2D eigenvalue weighted by atomic mass is 10.1. The minimum absolute atomic E-state index is 0.00684. The molecule has 0 bridgehead atoms. The minimum atomic E-state index is -3.88. The van der Waals surface area contributed by atoms with Crippen LogP contribution in [-0.4, -0.2) is 20.2 Å². The van der Waals surface area contributed by atoms with Crippen molar-refractivity contribution in [1.82, 2.24) is 0 Å². The Kier molecular flexibility index (Phi) is 5.79. The van der Waals surface area contributed by atoms with Gasteiger partial charge in [-0.2, -0.15) is 0 Å². The number of amides is 2. The number of primary amides is 1. The Morgan fingerprint density at radius 3 is 2.23 bits per heavy atom. The number of carbonyl (C=O) groups excluding carboxylic acids is 2. The van der Waals surface area contributed by atoms with E-state index in [1.807, 2.05) is 0 Å². The monoisotopic (exact) mass is 431 g/mol. The minimum Gasteiger partial charge on any atom is -0.366 e. The third-order valence-electron chi connectivity index (χ3n) is 4.00. The molecule has 0 radical (unpaired) electrons. The quantitative estimate of drug-likeness (QED) is 0.556. The molecule has 3 aromatic rings. The number of benzene rings is 3. The number of rotatable bonds is 6. The van der Waals surface area contributed by atoms with Gasteiger partial charge in [0.15, 0.2) is 0 Å². The lowest BCUT2D eigenvalue weighted by Gasteiger charge is -2.11. The molecule has 0 aliphatic heterocycles. The predicted octanol–water partition coefficient (Wildman–Crippen LogP) is 3.12. The number of nitrogens with one attached hydrogen (secondary N) is 2. The van der Waals surface area contributed by atoms with E-state index in [2.05, 4.69) is 10.0 Å². The van der Waals surface area contributed by atoms with Gasteiger partial charge < -0.3 is 11.1 Å². The van der Waals surface area contributed by atoms with Crippen molar-refractivity contribution in [2.75, 3.05) is 10.0 Å². The molecular formula is C20H15F2N3O4S. The summed E-state index contributed by atoms with van der Waals surface area (Å²) in [5.41, 5.74) is 4.08. The number of anilines is 2. The molecule has 2 amide bonds. The molecule has 0 heterocycles. The largest absolute Gasteiger partial charge is 0.366 e. The zero-order valence-electron chi connectivity index (χ0n) is 15.2. The average Bonchev–Trinajstić information content (AvgIpc) is 2.70. The molecule has 4 N–H and O–H groups in total. The Bertz CT molecular complexity index is 1230. The van der Waals surface area contributed by atoms with Crippen LogP contribution in [0.15, 0.2) is 71.6 Å². The van der Waals surface area contributed by atoms with Crippen molar-refractivity contribution in [2.45, 2.75) is 4.90 Å². The summed E-state index contributed by atoms with van der Waals surface area (Å²) >= 11 is 0. The molecule has 0 aliphatic rings. The third-order valence-corrected chi connectivity index (χ3v) is 5.40. The van der Waals surface area contributed by atoms with Crippen LogP contribution in [-0.2, 0) is 10.0 Å². The van der Waals surface area contributed by atoms with Crippen LogP contribution in [0.5, 0.6) is 0 Å². The fourth-order valence-corrected chi connectivity index (χ4v) is 3.64.